The Labute approximate surface area is 99.5 Å². The van der Waals surface area contributed by atoms with Crippen LogP contribution in [0.15, 0.2) is 0 Å². The zero-order valence-corrected chi connectivity index (χ0v) is 11.0. The lowest BCUT2D eigenvalue weighted by Crippen LogP contribution is -2.53. The van der Waals surface area contributed by atoms with Gasteiger partial charge in [0.15, 0.2) is 0 Å². The molecule has 3 heteroatoms. The molecule has 0 aromatic rings. The van der Waals surface area contributed by atoms with E-state index in [1.54, 1.807) is 0 Å². The SMILES string of the molecule is CC(CC1(C(C)C)COC1)N1CCNCC1. The first-order valence-corrected chi connectivity index (χ1v) is 6.66. The molecule has 1 atom stereocenters. The van der Waals surface area contributed by atoms with Crippen LogP contribution in [-0.4, -0.2) is 50.3 Å². The van der Waals surface area contributed by atoms with E-state index < -0.39 is 0 Å². The molecule has 94 valence electrons. The second-order valence-corrected chi connectivity index (χ2v) is 5.85. The third kappa shape index (κ3) is 2.41. The van der Waals surface area contributed by atoms with E-state index in [0.717, 1.165) is 32.2 Å². The van der Waals surface area contributed by atoms with E-state index in [1.165, 1.54) is 19.5 Å². The van der Waals surface area contributed by atoms with Crippen molar-refractivity contribution in [2.75, 3.05) is 39.4 Å². The molecule has 0 aromatic heterocycles. The highest BCUT2D eigenvalue weighted by atomic mass is 16.5. The standard InChI is InChI=1S/C13H26N2O/c1-11(2)13(9-16-10-13)8-12(3)15-6-4-14-5-7-15/h11-12,14H,4-10H2,1-3H3. The van der Waals surface area contributed by atoms with Gasteiger partial charge >= 0.3 is 0 Å². The highest BCUT2D eigenvalue weighted by Crippen LogP contribution is 2.40. The quantitative estimate of drug-likeness (QED) is 0.783. The molecule has 3 nitrogen and oxygen atoms in total. The minimum absolute atomic E-state index is 0.463. The summed E-state index contributed by atoms with van der Waals surface area (Å²) >= 11 is 0. The first-order chi connectivity index (χ1) is 7.64. The number of piperazine rings is 1. The van der Waals surface area contributed by atoms with Crippen molar-refractivity contribution >= 4 is 0 Å². The number of rotatable bonds is 4. The van der Waals surface area contributed by atoms with E-state index in [0.29, 0.717) is 11.5 Å². The lowest BCUT2D eigenvalue weighted by atomic mass is 9.71. The molecule has 16 heavy (non-hydrogen) atoms. The fraction of sp³-hybridized carbons (Fsp3) is 1.00. The van der Waals surface area contributed by atoms with Crippen molar-refractivity contribution in [1.82, 2.24) is 10.2 Å². The normalized spacial score (nSPS) is 27.8. The fourth-order valence-corrected chi connectivity index (χ4v) is 2.89. The minimum atomic E-state index is 0.463. The van der Waals surface area contributed by atoms with Gasteiger partial charge in [0.2, 0.25) is 0 Å². The number of nitrogens with zero attached hydrogens (tertiary/aromatic N) is 1. The van der Waals surface area contributed by atoms with Crippen LogP contribution in [0.3, 0.4) is 0 Å². The molecule has 0 spiro atoms. The van der Waals surface area contributed by atoms with E-state index in [1.807, 2.05) is 0 Å². The third-order valence-corrected chi connectivity index (χ3v) is 4.48. The predicted molar refractivity (Wildman–Crippen MR) is 66.6 cm³/mol. The summed E-state index contributed by atoms with van der Waals surface area (Å²) in [6.45, 7) is 13.7. The van der Waals surface area contributed by atoms with E-state index in [-0.39, 0.29) is 0 Å². The van der Waals surface area contributed by atoms with Gasteiger partial charge in [0.25, 0.3) is 0 Å². The van der Waals surface area contributed by atoms with Crippen molar-refractivity contribution in [3.05, 3.63) is 0 Å². The summed E-state index contributed by atoms with van der Waals surface area (Å²) in [5, 5.41) is 3.42. The highest BCUT2D eigenvalue weighted by molar-refractivity contribution is 4.92. The summed E-state index contributed by atoms with van der Waals surface area (Å²) in [6.07, 6.45) is 1.30. The molecule has 2 heterocycles. The highest BCUT2D eigenvalue weighted by Gasteiger charge is 2.43. The monoisotopic (exact) mass is 226 g/mol. The second kappa shape index (κ2) is 5.03. The lowest BCUT2D eigenvalue weighted by molar-refractivity contribution is -0.151. The maximum atomic E-state index is 5.46. The molecular weight excluding hydrogens is 200 g/mol. The number of nitrogens with one attached hydrogen (secondary N) is 1. The van der Waals surface area contributed by atoms with E-state index in [9.17, 15) is 0 Å². The summed E-state index contributed by atoms with van der Waals surface area (Å²) in [5.41, 5.74) is 0.463. The Morgan fingerprint density at radius 1 is 1.19 bits per heavy atom. The predicted octanol–water partition coefficient (Wildman–Crippen LogP) is 1.34. The average molecular weight is 226 g/mol. The van der Waals surface area contributed by atoms with Gasteiger partial charge in [-0.1, -0.05) is 13.8 Å². The molecule has 2 aliphatic heterocycles. The van der Waals surface area contributed by atoms with Crippen molar-refractivity contribution in [2.45, 2.75) is 33.2 Å². The number of hydrogen-bond acceptors (Lipinski definition) is 3. The maximum Gasteiger partial charge on any atom is 0.0547 e. The van der Waals surface area contributed by atoms with Crippen LogP contribution < -0.4 is 5.32 Å². The summed E-state index contributed by atoms with van der Waals surface area (Å²) in [6, 6.07) is 0.702. The summed E-state index contributed by atoms with van der Waals surface area (Å²) in [5.74, 6) is 0.742. The summed E-state index contributed by atoms with van der Waals surface area (Å²) in [4.78, 5) is 2.62. The lowest BCUT2D eigenvalue weighted by Gasteiger charge is -2.48. The number of ether oxygens (including phenoxy) is 1. The van der Waals surface area contributed by atoms with Crippen LogP contribution in [0.2, 0.25) is 0 Å². The Hall–Kier alpha value is -0.120. The van der Waals surface area contributed by atoms with E-state index in [4.69, 9.17) is 4.74 Å². The van der Waals surface area contributed by atoms with E-state index >= 15 is 0 Å². The van der Waals surface area contributed by atoms with Gasteiger partial charge in [-0.25, -0.2) is 0 Å². The Balaban J connectivity index is 1.87. The summed E-state index contributed by atoms with van der Waals surface area (Å²) < 4.78 is 5.46. The van der Waals surface area contributed by atoms with Crippen LogP contribution in [-0.2, 0) is 4.74 Å². The Morgan fingerprint density at radius 3 is 2.25 bits per heavy atom. The molecule has 0 bridgehead atoms. The smallest absolute Gasteiger partial charge is 0.0547 e. The third-order valence-electron chi connectivity index (χ3n) is 4.48. The summed E-state index contributed by atoms with van der Waals surface area (Å²) in [7, 11) is 0. The molecule has 0 aliphatic carbocycles. The molecule has 0 amide bonds. The zero-order chi connectivity index (χ0) is 11.6. The van der Waals surface area contributed by atoms with Crippen LogP contribution in [0, 0.1) is 11.3 Å². The zero-order valence-electron chi connectivity index (χ0n) is 11.0. The molecule has 2 aliphatic rings. The Kier molecular flexibility index (Phi) is 3.88. The van der Waals surface area contributed by atoms with Crippen LogP contribution in [0.5, 0.6) is 0 Å². The van der Waals surface area contributed by atoms with Gasteiger partial charge in [-0.2, -0.15) is 0 Å². The second-order valence-electron chi connectivity index (χ2n) is 5.85. The topological polar surface area (TPSA) is 24.5 Å². The molecule has 0 radical (unpaired) electrons. The Bertz CT molecular complexity index is 220. The molecule has 2 rings (SSSR count). The number of hydrogen-bond donors (Lipinski definition) is 1. The first-order valence-electron chi connectivity index (χ1n) is 6.66. The maximum absolute atomic E-state index is 5.46. The largest absolute Gasteiger partial charge is 0.380 e. The van der Waals surface area contributed by atoms with Gasteiger partial charge in [-0.3, -0.25) is 4.90 Å². The molecule has 0 saturated carbocycles. The van der Waals surface area contributed by atoms with Gasteiger partial charge in [-0.15, -0.1) is 0 Å². The molecule has 1 N–H and O–H groups in total. The van der Waals surface area contributed by atoms with Crippen LogP contribution in [0.25, 0.3) is 0 Å². The van der Waals surface area contributed by atoms with Crippen LogP contribution in [0.4, 0.5) is 0 Å². The van der Waals surface area contributed by atoms with Crippen molar-refractivity contribution < 1.29 is 4.74 Å². The molecule has 1 unspecified atom stereocenters. The van der Waals surface area contributed by atoms with Gasteiger partial charge in [-0.05, 0) is 19.3 Å². The van der Waals surface area contributed by atoms with Crippen molar-refractivity contribution in [3.63, 3.8) is 0 Å². The first kappa shape index (κ1) is 12.3. The molecular formula is C13H26N2O. The molecule has 0 aromatic carbocycles. The average Bonchev–Trinajstić information content (AvgIpc) is 2.24. The molecule has 2 saturated heterocycles. The van der Waals surface area contributed by atoms with Crippen molar-refractivity contribution in [2.24, 2.45) is 11.3 Å². The van der Waals surface area contributed by atoms with Crippen molar-refractivity contribution in [1.29, 1.82) is 0 Å². The fourth-order valence-electron chi connectivity index (χ4n) is 2.89. The van der Waals surface area contributed by atoms with Crippen molar-refractivity contribution in [3.8, 4) is 0 Å². The van der Waals surface area contributed by atoms with Gasteiger partial charge in [0, 0.05) is 37.6 Å². The Morgan fingerprint density at radius 2 is 1.81 bits per heavy atom. The van der Waals surface area contributed by atoms with Gasteiger partial charge in [0.05, 0.1) is 13.2 Å². The minimum Gasteiger partial charge on any atom is -0.380 e. The molecule has 2 fully saturated rings. The van der Waals surface area contributed by atoms with Crippen LogP contribution >= 0.6 is 0 Å². The van der Waals surface area contributed by atoms with Crippen LogP contribution in [0.1, 0.15) is 27.2 Å². The van der Waals surface area contributed by atoms with Gasteiger partial charge < -0.3 is 10.1 Å². The van der Waals surface area contributed by atoms with Gasteiger partial charge in [0.1, 0.15) is 0 Å². The van der Waals surface area contributed by atoms with E-state index in [2.05, 4.69) is 31.0 Å².